The molecule has 3 rings (SSSR count). The van der Waals surface area contributed by atoms with Crippen LogP contribution in [-0.4, -0.2) is 38.8 Å². The van der Waals surface area contributed by atoms with Crippen molar-refractivity contribution in [2.45, 2.75) is 18.9 Å². The molecular weight excluding hydrogens is 332 g/mol. The average molecular weight is 356 g/mol. The number of carbonyl (C=O) groups is 1. The summed E-state index contributed by atoms with van der Waals surface area (Å²) >= 11 is 0. The maximum Gasteiger partial charge on any atom is 0.322 e. The standard InChI is InChI=1S/C20H24N2O4/c1-24-16-9-6-14(7-10-16)17-5-4-12-22(17)20(23)21-15-8-11-18(25-2)19(13-15)26-3/h6-11,13,17H,4-5,12H2,1-3H3,(H,21,23)/t17-/m0/s1. The monoisotopic (exact) mass is 356 g/mol. The third-order valence-electron chi connectivity index (χ3n) is 4.65. The van der Waals surface area contributed by atoms with Crippen molar-refractivity contribution in [2.24, 2.45) is 0 Å². The molecule has 2 amide bonds. The number of rotatable bonds is 5. The van der Waals surface area contributed by atoms with Gasteiger partial charge >= 0.3 is 6.03 Å². The van der Waals surface area contributed by atoms with Gasteiger partial charge in [-0.3, -0.25) is 0 Å². The Labute approximate surface area is 153 Å². The van der Waals surface area contributed by atoms with Crippen LogP contribution in [0.1, 0.15) is 24.4 Å². The Morgan fingerprint density at radius 1 is 1.00 bits per heavy atom. The highest BCUT2D eigenvalue weighted by Gasteiger charge is 2.30. The Morgan fingerprint density at radius 2 is 1.73 bits per heavy atom. The maximum absolute atomic E-state index is 12.8. The second kappa shape index (κ2) is 7.99. The summed E-state index contributed by atoms with van der Waals surface area (Å²) in [5.41, 5.74) is 1.79. The lowest BCUT2D eigenvalue weighted by atomic mass is 10.0. The Bertz CT molecular complexity index is 761. The Hall–Kier alpha value is -2.89. The number of anilines is 1. The van der Waals surface area contributed by atoms with Crippen molar-refractivity contribution < 1.29 is 19.0 Å². The van der Waals surface area contributed by atoms with E-state index in [9.17, 15) is 4.79 Å². The van der Waals surface area contributed by atoms with E-state index < -0.39 is 0 Å². The summed E-state index contributed by atoms with van der Waals surface area (Å²) in [7, 11) is 4.80. The summed E-state index contributed by atoms with van der Waals surface area (Å²) in [6.45, 7) is 0.732. The summed E-state index contributed by atoms with van der Waals surface area (Å²) in [6, 6.07) is 13.2. The summed E-state index contributed by atoms with van der Waals surface area (Å²) < 4.78 is 15.7. The number of methoxy groups -OCH3 is 3. The van der Waals surface area contributed by atoms with Gasteiger partial charge in [-0.05, 0) is 42.7 Å². The van der Waals surface area contributed by atoms with Crippen molar-refractivity contribution in [2.75, 3.05) is 33.2 Å². The molecule has 6 heteroatoms. The number of carbonyl (C=O) groups excluding carboxylic acids is 1. The van der Waals surface area contributed by atoms with Crippen molar-refractivity contribution in [3.05, 3.63) is 48.0 Å². The molecular formula is C20H24N2O4. The summed E-state index contributed by atoms with van der Waals surface area (Å²) in [4.78, 5) is 14.7. The first kappa shape index (κ1) is 17.9. The lowest BCUT2D eigenvalue weighted by Gasteiger charge is -2.25. The first-order chi connectivity index (χ1) is 12.7. The molecule has 0 aliphatic carbocycles. The van der Waals surface area contributed by atoms with Crippen LogP contribution >= 0.6 is 0 Å². The van der Waals surface area contributed by atoms with Gasteiger partial charge in [0.25, 0.3) is 0 Å². The quantitative estimate of drug-likeness (QED) is 0.877. The minimum Gasteiger partial charge on any atom is -0.497 e. The van der Waals surface area contributed by atoms with Crippen LogP contribution in [0.25, 0.3) is 0 Å². The minimum absolute atomic E-state index is 0.0704. The van der Waals surface area contributed by atoms with Crippen LogP contribution in [0.15, 0.2) is 42.5 Å². The van der Waals surface area contributed by atoms with Crippen LogP contribution in [0.2, 0.25) is 0 Å². The molecule has 1 saturated heterocycles. The van der Waals surface area contributed by atoms with E-state index in [1.807, 2.05) is 29.2 Å². The molecule has 26 heavy (non-hydrogen) atoms. The zero-order valence-electron chi connectivity index (χ0n) is 15.3. The van der Waals surface area contributed by atoms with Crippen molar-refractivity contribution in [3.63, 3.8) is 0 Å². The van der Waals surface area contributed by atoms with E-state index in [4.69, 9.17) is 14.2 Å². The third-order valence-corrected chi connectivity index (χ3v) is 4.65. The zero-order chi connectivity index (χ0) is 18.5. The molecule has 0 radical (unpaired) electrons. The predicted molar refractivity (Wildman–Crippen MR) is 100 cm³/mol. The van der Waals surface area contributed by atoms with E-state index >= 15 is 0 Å². The van der Waals surface area contributed by atoms with Gasteiger partial charge in [0.05, 0.1) is 27.4 Å². The lowest BCUT2D eigenvalue weighted by molar-refractivity contribution is 0.207. The highest BCUT2D eigenvalue weighted by molar-refractivity contribution is 5.90. The van der Waals surface area contributed by atoms with E-state index in [1.54, 1.807) is 39.5 Å². The zero-order valence-corrected chi connectivity index (χ0v) is 15.3. The molecule has 1 fully saturated rings. The average Bonchev–Trinajstić information content (AvgIpc) is 3.18. The van der Waals surface area contributed by atoms with E-state index in [0.717, 1.165) is 30.7 Å². The number of hydrogen-bond donors (Lipinski definition) is 1. The fraction of sp³-hybridized carbons (Fsp3) is 0.350. The van der Waals surface area contributed by atoms with Gasteiger partial charge in [0.15, 0.2) is 11.5 Å². The van der Waals surface area contributed by atoms with Gasteiger partial charge in [-0.1, -0.05) is 12.1 Å². The number of nitrogens with zero attached hydrogens (tertiary/aromatic N) is 1. The summed E-state index contributed by atoms with van der Waals surface area (Å²) in [5, 5.41) is 2.96. The number of amides is 2. The third kappa shape index (κ3) is 3.69. The first-order valence-corrected chi connectivity index (χ1v) is 8.60. The SMILES string of the molecule is COc1ccc([C@@H]2CCCN2C(=O)Nc2ccc(OC)c(OC)c2)cc1. The fourth-order valence-electron chi connectivity index (χ4n) is 3.29. The highest BCUT2D eigenvalue weighted by atomic mass is 16.5. The van der Waals surface area contributed by atoms with E-state index in [2.05, 4.69) is 5.32 Å². The second-order valence-corrected chi connectivity index (χ2v) is 6.12. The Balaban J connectivity index is 1.74. The number of likely N-dealkylation sites (tertiary alicyclic amines) is 1. The number of ether oxygens (including phenoxy) is 3. The molecule has 0 saturated carbocycles. The van der Waals surface area contributed by atoms with Gasteiger partial charge in [-0.15, -0.1) is 0 Å². The molecule has 1 N–H and O–H groups in total. The van der Waals surface area contributed by atoms with E-state index in [1.165, 1.54) is 0 Å². The maximum atomic E-state index is 12.8. The van der Waals surface area contributed by atoms with Crippen molar-refractivity contribution in [1.82, 2.24) is 4.90 Å². The summed E-state index contributed by atoms with van der Waals surface area (Å²) in [5.74, 6) is 2.02. The topological polar surface area (TPSA) is 60.0 Å². The Kier molecular flexibility index (Phi) is 5.51. The number of nitrogens with one attached hydrogen (secondary N) is 1. The van der Waals surface area contributed by atoms with Crippen LogP contribution < -0.4 is 19.5 Å². The minimum atomic E-state index is -0.115. The van der Waals surface area contributed by atoms with Crippen molar-refractivity contribution >= 4 is 11.7 Å². The van der Waals surface area contributed by atoms with Gasteiger partial charge in [0.2, 0.25) is 0 Å². The first-order valence-electron chi connectivity index (χ1n) is 8.60. The molecule has 1 aliphatic rings. The van der Waals surface area contributed by atoms with Gasteiger partial charge in [-0.25, -0.2) is 4.79 Å². The lowest BCUT2D eigenvalue weighted by Crippen LogP contribution is -2.34. The van der Waals surface area contributed by atoms with E-state index in [0.29, 0.717) is 17.2 Å². The molecule has 2 aromatic carbocycles. The van der Waals surface area contributed by atoms with Crippen LogP contribution in [-0.2, 0) is 0 Å². The summed E-state index contributed by atoms with van der Waals surface area (Å²) in [6.07, 6.45) is 1.93. The second-order valence-electron chi connectivity index (χ2n) is 6.12. The molecule has 0 aromatic heterocycles. The van der Waals surface area contributed by atoms with Crippen LogP contribution in [0, 0.1) is 0 Å². The predicted octanol–water partition coefficient (Wildman–Crippen LogP) is 4.08. The van der Waals surface area contributed by atoms with Gasteiger partial charge in [-0.2, -0.15) is 0 Å². The van der Waals surface area contributed by atoms with Gasteiger partial charge < -0.3 is 24.4 Å². The molecule has 1 aliphatic heterocycles. The fourth-order valence-corrected chi connectivity index (χ4v) is 3.29. The van der Waals surface area contributed by atoms with Crippen LogP contribution in [0.3, 0.4) is 0 Å². The normalized spacial score (nSPS) is 16.3. The molecule has 0 spiro atoms. The molecule has 1 heterocycles. The van der Waals surface area contributed by atoms with Crippen molar-refractivity contribution in [1.29, 1.82) is 0 Å². The van der Waals surface area contributed by atoms with Crippen LogP contribution in [0.4, 0.5) is 10.5 Å². The molecule has 0 unspecified atom stereocenters. The number of urea groups is 1. The molecule has 0 bridgehead atoms. The number of benzene rings is 2. The van der Waals surface area contributed by atoms with Crippen molar-refractivity contribution in [3.8, 4) is 17.2 Å². The molecule has 2 aromatic rings. The number of hydrogen-bond acceptors (Lipinski definition) is 4. The van der Waals surface area contributed by atoms with Gasteiger partial charge in [0.1, 0.15) is 5.75 Å². The van der Waals surface area contributed by atoms with Gasteiger partial charge in [0, 0.05) is 18.3 Å². The molecule has 1 atom stereocenters. The largest absolute Gasteiger partial charge is 0.497 e. The van der Waals surface area contributed by atoms with Crippen LogP contribution in [0.5, 0.6) is 17.2 Å². The smallest absolute Gasteiger partial charge is 0.322 e. The molecule has 138 valence electrons. The van der Waals surface area contributed by atoms with E-state index in [-0.39, 0.29) is 12.1 Å². The molecule has 6 nitrogen and oxygen atoms in total. The Morgan fingerprint density at radius 3 is 2.38 bits per heavy atom. The highest BCUT2D eigenvalue weighted by Crippen LogP contribution is 2.34.